The third kappa shape index (κ3) is 4.77. The Morgan fingerprint density at radius 3 is 2.58 bits per heavy atom. The Labute approximate surface area is 197 Å². The first-order chi connectivity index (χ1) is 15.7. The van der Waals surface area contributed by atoms with Crippen LogP contribution in [0.3, 0.4) is 0 Å². The number of furan rings is 1. The minimum atomic E-state index is -0.900. The van der Waals surface area contributed by atoms with Crippen molar-refractivity contribution in [2.45, 2.75) is 26.2 Å². The molecule has 4 rings (SSSR count). The molecule has 0 aliphatic heterocycles. The average molecular weight is 492 g/mol. The van der Waals surface area contributed by atoms with Gasteiger partial charge in [0.1, 0.15) is 17.4 Å². The second-order valence-electron chi connectivity index (χ2n) is 7.41. The second kappa shape index (κ2) is 9.33. The first-order valence-electron chi connectivity index (χ1n) is 9.95. The molecule has 1 aromatic heterocycles. The van der Waals surface area contributed by atoms with E-state index >= 15 is 0 Å². The van der Waals surface area contributed by atoms with Crippen LogP contribution in [0.25, 0.3) is 0 Å². The SMILES string of the molecule is Cc1c(C(=O)Nc2ccc(F)cc2F)oc2c1/C(=N/NC(=O)c1ccc(Cl)cc1Cl)CCC2. The topological polar surface area (TPSA) is 83.7 Å². The molecule has 33 heavy (non-hydrogen) atoms. The van der Waals surface area contributed by atoms with Gasteiger partial charge in [0.15, 0.2) is 5.76 Å². The lowest BCUT2D eigenvalue weighted by Crippen LogP contribution is -2.22. The van der Waals surface area contributed by atoms with Crippen molar-refractivity contribution in [3.05, 3.63) is 86.3 Å². The van der Waals surface area contributed by atoms with Gasteiger partial charge in [-0.15, -0.1) is 0 Å². The van der Waals surface area contributed by atoms with Gasteiger partial charge in [0.05, 0.1) is 22.0 Å². The summed E-state index contributed by atoms with van der Waals surface area (Å²) in [4.78, 5) is 25.2. The van der Waals surface area contributed by atoms with Crippen LogP contribution in [0.15, 0.2) is 45.9 Å². The van der Waals surface area contributed by atoms with E-state index in [1.165, 1.54) is 12.1 Å². The predicted octanol–water partition coefficient (Wildman–Crippen LogP) is 5.90. The summed E-state index contributed by atoms with van der Waals surface area (Å²) in [5, 5.41) is 7.22. The summed E-state index contributed by atoms with van der Waals surface area (Å²) < 4.78 is 32.8. The summed E-state index contributed by atoms with van der Waals surface area (Å²) >= 11 is 11.9. The maximum atomic E-state index is 13.9. The van der Waals surface area contributed by atoms with Gasteiger partial charge >= 0.3 is 0 Å². The number of nitrogens with one attached hydrogen (secondary N) is 2. The van der Waals surface area contributed by atoms with Crippen LogP contribution in [0.2, 0.25) is 10.0 Å². The zero-order chi connectivity index (χ0) is 23.7. The number of hydrazone groups is 1. The van der Waals surface area contributed by atoms with Crippen molar-refractivity contribution in [1.82, 2.24) is 5.43 Å². The van der Waals surface area contributed by atoms with Gasteiger partial charge in [-0.1, -0.05) is 23.2 Å². The molecule has 2 amide bonds. The van der Waals surface area contributed by atoms with Gasteiger partial charge in [-0.25, -0.2) is 14.2 Å². The van der Waals surface area contributed by atoms with E-state index in [0.29, 0.717) is 53.0 Å². The number of amides is 2. The van der Waals surface area contributed by atoms with Gasteiger partial charge in [0.25, 0.3) is 11.8 Å². The molecular weight excluding hydrogens is 475 g/mol. The van der Waals surface area contributed by atoms with Gasteiger partial charge in [0.2, 0.25) is 0 Å². The van der Waals surface area contributed by atoms with Crippen molar-refractivity contribution >= 4 is 46.4 Å². The zero-order valence-corrected chi connectivity index (χ0v) is 18.8. The van der Waals surface area contributed by atoms with Gasteiger partial charge in [-0.05, 0) is 50.1 Å². The number of aryl methyl sites for hydroxylation is 1. The van der Waals surface area contributed by atoms with E-state index < -0.39 is 23.4 Å². The van der Waals surface area contributed by atoms with Crippen LogP contribution in [-0.2, 0) is 6.42 Å². The monoisotopic (exact) mass is 491 g/mol. The molecule has 1 heterocycles. The lowest BCUT2D eigenvalue weighted by molar-refractivity contribution is 0.0953. The number of carbonyl (C=O) groups is 2. The molecule has 3 aromatic rings. The quantitative estimate of drug-likeness (QED) is 0.445. The summed E-state index contributed by atoms with van der Waals surface area (Å²) in [5.41, 5.74) is 4.19. The van der Waals surface area contributed by atoms with Gasteiger partial charge in [0, 0.05) is 28.6 Å². The predicted molar refractivity (Wildman–Crippen MR) is 121 cm³/mol. The number of fused-ring (bicyclic) bond motifs is 1. The molecule has 10 heteroatoms. The van der Waals surface area contributed by atoms with Crippen molar-refractivity contribution in [2.75, 3.05) is 5.32 Å². The summed E-state index contributed by atoms with van der Waals surface area (Å²) in [7, 11) is 0. The van der Waals surface area contributed by atoms with Gasteiger partial charge in [-0.3, -0.25) is 9.59 Å². The van der Waals surface area contributed by atoms with Crippen LogP contribution < -0.4 is 10.7 Å². The molecule has 6 nitrogen and oxygen atoms in total. The van der Waals surface area contributed by atoms with Crippen LogP contribution >= 0.6 is 23.2 Å². The summed E-state index contributed by atoms with van der Waals surface area (Å²) in [5.74, 6) is -2.31. The molecular formula is C23H17Cl2F2N3O3. The second-order valence-corrected chi connectivity index (χ2v) is 8.25. The smallest absolute Gasteiger partial charge is 0.291 e. The van der Waals surface area contributed by atoms with Crippen LogP contribution in [0.4, 0.5) is 14.5 Å². The van der Waals surface area contributed by atoms with Crippen LogP contribution in [0.1, 0.15) is 50.6 Å². The van der Waals surface area contributed by atoms with Crippen LogP contribution in [0.5, 0.6) is 0 Å². The van der Waals surface area contributed by atoms with Crippen molar-refractivity contribution < 1.29 is 22.8 Å². The van der Waals surface area contributed by atoms with Crippen molar-refractivity contribution in [3.63, 3.8) is 0 Å². The molecule has 170 valence electrons. The van der Waals surface area contributed by atoms with Gasteiger partial charge < -0.3 is 9.73 Å². The third-order valence-electron chi connectivity index (χ3n) is 5.18. The molecule has 0 atom stereocenters. The highest BCUT2D eigenvalue weighted by Gasteiger charge is 2.28. The zero-order valence-electron chi connectivity index (χ0n) is 17.3. The van der Waals surface area contributed by atoms with E-state index in [2.05, 4.69) is 15.8 Å². The van der Waals surface area contributed by atoms with E-state index in [1.54, 1.807) is 13.0 Å². The summed E-state index contributed by atoms with van der Waals surface area (Å²) in [6.07, 6.45) is 1.82. The lowest BCUT2D eigenvalue weighted by atomic mass is 9.93. The Kier molecular flexibility index (Phi) is 6.49. The Balaban J connectivity index is 1.58. The Morgan fingerprint density at radius 1 is 1.06 bits per heavy atom. The fraction of sp³-hybridized carbons (Fsp3) is 0.174. The Hall–Kier alpha value is -3.23. The number of benzene rings is 2. The van der Waals surface area contributed by atoms with E-state index in [4.69, 9.17) is 27.6 Å². The molecule has 0 fully saturated rings. The molecule has 0 radical (unpaired) electrons. The van der Waals surface area contributed by atoms with Crippen molar-refractivity contribution in [2.24, 2.45) is 5.10 Å². The Bertz CT molecular complexity index is 1300. The average Bonchev–Trinajstić information content (AvgIpc) is 3.11. The number of nitrogens with zero attached hydrogens (tertiary/aromatic N) is 1. The number of hydrogen-bond acceptors (Lipinski definition) is 4. The number of anilines is 1. The van der Waals surface area contributed by atoms with Crippen molar-refractivity contribution in [3.8, 4) is 0 Å². The van der Waals surface area contributed by atoms with E-state index in [-0.39, 0.29) is 22.0 Å². The molecule has 2 N–H and O–H groups in total. The maximum Gasteiger partial charge on any atom is 0.291 e. The summed E-state index contributed by atoms with van der Waals surface area (Å²) in [6.45, 7) is 1.68. The first-order valence-corrected chi connectivity index (χ1v) is 10.7. The Morgan fingerprint density at radius 2 is 1.85 bits per heavy atom. The minimum Gasteiger partial charge on any atom is -0.455 e. The highest BCUT2D eigenvalue weighted by atomic mass is 35.5. The maximum absolute atomic E-state index is 13.9. The number of rotatable bonds is 4. The molecule has 0 saturated carbocycles. The largest absolute Gasteiger partial charge is 0.455 e. The molecule has 0 spiro atoms. The standard InChI is InChI=1S/C23H17Cl2F2N3O3/c1-11-20-18(29-30-22(31)14-7-5-12(24)9-15(14)25)3-2-4-19(20)33-21(11)23(32)28-17-8-6-13(26)10-16(17)27/h5-10H,2-4H2,1H3,(H,28,32)(H,30,31)/b29-18+. The minimum absolute atomic E-state index is 0.00889. The fourth-order valence-corrected chi connectivity index (χ4v) is 4.11. The molecule has 1 aliphatic rings. The van der Waals surface area contributed by atoms with Crippen LogP contribution in [-0.4, -0.2) is 17.5 Å². The number of hydrogen-bond donors (Lipinski definition) is 2. The van der Waals surface area contributed by atoms with E-state index in [9.17, 15) is 18.4 Å². The molecule has 0 saturated heterocycles. The molecule has 1 aliphatic carbocycles. The van der Waals surface area contributed by atoms with Gasteiger partial charge in [-0.2, -0.15) is 5.10 Å². The van der Waals surface area contributed by atoms with Crippen LogP contribution in [0, 0.1) is 18.6 Å². The number of halogens is 4. The van der Waals surface area contributed by atoms with E-state index in [1.807, 2.05) is 0 Å². The molecule has 2 aromatic carbocycles. The fourth-order valence-electron chi connectivity index (χ4n) is 3.62. The molecule has 0 bridgehead atoms. The van der Waals surface area contributed by atoms with Crippen molar-refractivity contribution in [1.29, 1.82) is 0 Å². The normalized spacial score (nSPS) is 14.2. The molecule has 0 unspecified atom stereocenters. The number of carbonyl (C=O) groups excluding carboxylic acids is 2. The highest BCUT2D eigenvalue weighted by molar-refractivity contribution is 6.36. The third-order valence-corrected chi connectivity index (χ3v) is 5.73. The first kappa shape index (κ1) is 22.9. The van der Waals surface area contributed by atoms with E-state index in [0.717, 1.165) is 12.1 Å². The highest BCUT2D eigenvalue weighted by Crippen LogP contribution is 2.31. The lowest BCUT2D eigenvalue weighted by Gasteiger charge is -2.13. The summed E-state index contributed by atoms with van der Waals surface area (Å²) in [6, 6.07) is 7.34.